The average Bonchev–Trinajstić information content (AvgIpc) is 2.93. The molecule has 4 atom stereocenters. The highest BCUT2D eigenvalue weighted by atomic mass is 28.4. The number of amides is 1. The van der Waals surface area contributed by atoms with E-state index in [0.29, 0.717) is 30.0 Å². The summed E-state index contributed by atoms with van der Waals surface area (Å²) in [7, 11) is 0.887. The topological polar surface area (TPSA) is 94.5 Å². The summed E-state index contributed by atoms with van der Waals surface area (Å²) in [5.74, 6) is -0.0710. The molecule has 1 aromatic rings. The summed E-state index contributed by atoms with van der Waals surface area (Å²) in [4.78, 5) is 28.7. The van der Waals surface area contributed by atoms with Crippen LogP contribution in [0, 0.1) is 5.41 Å². The molecule has 1 N–H and O–H groups in total. The quantitative estimate of drug-likeness (QED) is 0.368. The number of nitrogens with zero attached hydrogens (tertiary/aromatic N) is 1. The van der Waals surface area contributed by atoms with E-state index < -0.39 is 42.9 Å². The van der Waals surface area contributed by atoms with Gasteiger partial charge >= 0.3 is 5.97 Å². The Bertz CT molecular complexity index is 1020. The molecule has 0 bridgehead atoms. The van der Waals surface area contributed by atoms with Crippen molar-refractivity contribution in [1.82, 2.24) is 4.90 Å². The second kappa shape index (κ2) is 7.58. The summed E-state index contributed by atoms with van der Waals surface area (Å²) >= 11 is 0. The summed E-state index contributed by atoms with van der Waals surface area (Å²) in [6.45, 7) is 12.4. The predicted molar refractivity (Wildman–Crippen MR) is 124 cm³/mol. The molecule has 2 fully saturated rings. The number of aliphatic hydroxyl groups excluding tert-OH is 1. The van der Waals surface area contributed by atoms with Gasteiger partial charge in [-0.3, -0.25) is 9.59 Å². The molecule has 1 saturated heterocycles. The van der Waals surface area contributed by atoms with E-state index in [-0.39, 0.29) is 13.0 Å². The zero-order chi connectivity index (χ0) is 24.4. The van der Waals surface area contributed by atoms with Crippen molar-refractivity contribution in [1.29, 1.82) is 0 Å². The van der Waals surface area contributed by atoms with Crippen LogP contribution in [0.2, 0.25) is 19.6 Å². The Balaban J connectivity index is 2.10. The highest BCUT2D eigenvalue weighted by Crippen LogP contribution is 2.74. The van der Waals surface area contributed by atoms with Crippen molar-refractivity contribution < 1.29 is 33.3 Å². The maximum atomic E-state index is 13.6. The highest BCUT2D eigenvalue weighted by Gasteiger charge is 2.89. The van der Waals surface area contributed by atoms with Crippen LogP contribution in [0.15, 0.2) is 24.8 Å². The SMILES string of the molecule is C=C[C@]1(O[Si](C)(C)C)C[C@@]2(C(=O)OCC)[C@H](O)C(=O)N3CCc4cc(OC)c(OC)cc4[C@]312. The van der Waals surface area contributed by atoms with E-state index in [1.165, 1.54) is 7.11 Å². The first-order valence-corrected chi connectivity index (χ1v) is 14.7. The molecule has 33 heavy (non-hydrogen) atoms. The molecule has 180 valence electrons. The summed E-state index contributed by atoms with van der Waals surface area (Å²) in [6, 6.07) is 3.69. The standard InChI is InChI=1S/C24H33NO7Si/c1-8-22(32-33(5,6)7)14-23(21(28)31-9-2)19(26)20(27)25-11-10-15-12-17(29-3)18(30-4)13-16(15)24(22,23)25/h8,12-13,19,26H,1,9-11,14H2,2-7H3/t19-,22+,23+,24+/m1/s1. The first-order valence-electron chi connectivity index (χ1n) is 11.3. The van der Waals surface area contributed by atoms with Crippen molar-refractivity contribution in [3.05, 3.63) is 35.9 Å². The number of fused-ring (bicyclic) bond motifs is 1. The minimum absolute atomic E-state index is 0.101. The monoisotopic (exact) mass is 475 g/mol. The summed E-state index contributed by atoms with van der Waals surface area (Å²) < 4.78 is 23.3. The van der Waals surface area contributed by atoms with Gasteiger partial charge in [-0.05, 0) is 56.2 Å². The van der Waals surface area contributed by atoms with Crippen LogP contribution in [0.5, 0.6) is 11.5 Å². The molecule has 1 spiro atoms. The minimum Gasteiger partial charge on any atom is -0.493 e. The summed E-state index contributed by atoms with van der Waals surface area (Å²) in [6.07, 6.45) is 0.792. The number of hydrogen-bond donors (Lipinski definition) is 1. The van der Waals surface area contributed by atoms with Crippen molar-refractivity contribution in [2.75, 3.05) is 27.4 Å². The Labute approximate surface area is 195 Å². The van der Waals surface area contributed by atoms with E-state index in [1.807, 2.05) is 12.1 Å². The van der Waals surface area contributed by atoms with Crippen LogP contribution in [-0.4, -0.2) is 69.3 Å². The number of rotatable bonds is 7. The molecular formula is C24H33NO7Si. The van der Waals surface area contributed by atoms with Gasteiger partial charge in [0.15, 0.2) is 25.9 Å². The molecule has 1 amide bonds. The van der Waals surface area contributed by atoms with E-state index in [2.05, 4.69) is 26.2 Å². The molecular weight excluding hydrogens is 442 g/mol. The molecule has 2 aliphatic heterocycles. The zero-order valence-electron chi connectivity index (χ0n) is 20.2. The van der Waals surface area contributed by atoms with Crippen molar-refractivity contribution >= 4 is 20.2 Å². The van der Waals surface area contributed by atoms with Gasteiger partial charge in [0.25, 0.3) is 5.91 Å². The van der Waals surface area contributed by atoms with Gasteiger partial charge in [0.1, 0.15) is 16.6 Å². The highest BCUT2D eigenvalue weighted by molar-refractivity contribution is 6.69. The van der Waals surface area contributed by atoms with Gasteiger partial charge in [-0.2, -0.15) is 0 Å². The second-order valence-electron chi connectivity index (χ2n) is 9.89. The normalized spacial score (nSPS) is 32.3. The number of esters is 1. The Morgan fingerprint density at radius 3 is 2.45 bits per heavy atom. The second-order valence-corrected chi connectivity index (χ2v) is 14.3. The van der Waals surface area contributed by atoms with Gasteiger partial charge in [0, 0.05) is 13.0 Å². The Morgan fingerprint density at radius 2 is 1.91 bits per heavy atom. The summed E-state index contributed by atoms with van der Waals surface area (Å²) in [5.41, 5.74) is -2.30. The number of carbonyl (C=O) groups excluding carboxylic acids is 2. The summed E-state index contributed by atoms with van der Waals surface area (Å²) in [5, 5.41) is 11.3. The van der Waals surface area contributed by atoms with E-state index in [0.717, 1.165) is 5.56 Å². The molecule has 8 nitrogen and oxygen atoms in total. The molecule has 1 aliphatic carbocycles. The van der Waals surface area contributed by atoms with Crippen LogP contribution in [-0.2, 0) is 30.7 Å². The van der Waals surface area contributed by atoms with Crippen molar-refractivity contribution in [2.24, 2.45) is 5.41 Å². The Morgan fingerprint density at radius 1 is 1.27 bits per heavy atom. The molecule has 2 heterocycles. The number of hydrogen-bond acceptors (Lipinski definition) is 7. The van der Waals surface area contributed by atoms with Crippen LogP contribution in [0.25, 0.3) is 0 Å². The third-order valence-electron chi connectivity index (χ3n) is 7.23. The van der Waals surface area contributed by atoms with Gasteiger partial charge in [0.05, 0.1) is 20.8 Å². The number of aliphatic hydroxyl groups is 1. The van der Waals surface area contributed by atoms with Gasteiger partial charge in [-0.25, -0.2) is 0 Å². The fraction of sp³-hybridized carbons (Fsp3) is 0.583. The number of carbonyl (C=O) groups is 2. The maximum absolute atomic E-state index is 13.6. The van der Waals surface area contributed by atoms with E-state index >= 15 is 0 Å². The van der Waals surface area contributed by atoms with Crippen LogP contribution in [0.3, 0.4) is 0 Å². The first kappa shape index (κ1) is 23.8. The van der Waals surface area contributed by atoms with Crippen molar-refractivity contribution in [2.45, 2.75) is 56.7 Å². The molecule has 0 aromatic heterocycles. The Kier molecular flexibility index (Phi) is 5.46. The lowest BCUT2D eigenvalue weighted by Gasteiger charge is -2.69. The van der Waals surface area contributed by atoms with Crippen molar-refractivity contribution in [3.8, 4) is 11.5 Å². The van der Waals surface area contributed by atoms with E-state index in [1.54, 1.807) is 25.0 Å². The zero-order valence-corrected chi connectivity index (χ0v) is 21.2. The molecule has 1 saturated carbocycles. The largest absolute Gasteiger partial charge is 0.493 e. The first-order chi connectivity index (χ1) is 15.5. The molecule has 9 heteroatoms. The van der Waals surface area contributed by atoms with Crippen LogP contribution >= 0.6 is 0 Å². The lowest BCUT2D eigenvalue weighted by molar-refractivity contribution is -0.245. The number of ether oxygens (including phenoxy) is 3. The average molecular weight is 476 g/mol. The fourth-order valence-corrected chi connectivity index (χ4v) is 7.72. The third kappa shape index (κ3) is 2.76. The van der Waals surface area contributed by atoms with Crippen LogP contribution < -0.4 is 9.47 Å². The van der Waals surface area contributed by atoms with E-state index in [4.69, 9.17) is 18.6 Å². The van der Waals surface area contributed by atoms with Gasteiger partial charge in [-0.1, -0.05) is 6.08 Å². The Hall–Kier alpha value is -2.36. The minimum atomic E-state index is -2.21. The lowest BCUT2D eigenvalue weighted by Crippen LogP contribution is -2.81. The van der Waals surface area contributed by atoms with Gasteiger partial charge in [0.2, 0.25) is 0 Å². The molecule has 3 aliphatic rings. The molecule has 0 radical (unpaired) electrons. The third-order valence-corrected chi connectivity index (χ3v) is 8.21. The van der Waals surface area contributed by atoms with Gasteiger partial charge in [-0.15, -0.1) is 6.58 Å². The lowest BCUT2D eigenvalue weighted by atomic mass is 9.42. The fourth-order valence-electron chi connectivity index (χ4n) is 6.33. The molecule has 4 rings (SSSR count). The van der Waals surface area contributed by atoms with Crippen molar-refractivity contribution in [3.63, 3.8) is 0 Å². The molecule has 0 unspecified atom stereocenters. The number of benzene rings is 1. The predicted octanol–water partition coefficient (Wildman–Crippen LogP) is 2.39. The smallest absolute Gasteiger partial charge is 0.318 e. The molecule has 1 aromatic carbocycles. The maximum Gasteiger partial charge on any atom is 0.318 e. The number of methoxy groups -OCH3 is 2. The van der Waals surface area contributed by atoms with Crippen LogP contribution in [0.4, 0.5) is 0 Å². The van der Waals surface area contributed by atoms with Gasteiger partial charge < -0.3 is 28.6 Å². The van der Waals surface area contributed by atoms with Crippen LogP contribution in [0.1, 0.15) is 24.5 Å². The van der Waals surface area contributed by atoms with E-state index in [9.17, 15) is 14.7 Å².